The van der Waals surface area contributed by atoms with Gasteiger partial charge in [-0.2, -0.15) is 0 Å². The van der Waals surface area contributed by atoms with Gasteiger partial charge < -0.3 is 19.8 Å². The predicted octanol–water partition coefficient (Wildman–Crippen LogP) is 1.88. The molecule has 1 aromatic carbocycles. The van der Waals surface area contributed by atoms with Crippen molar-refractivity contribution in [3.63, 3.8) is 0 Å². The van der Waals surface area contributed by atoms with Crippen LogP contribution in [0.1, 0.15) is 23.5 Å². The maximum absolute atomic E-state index is 12.5. The van der Waals surface area contributed by atoms with Crippen LogP contribution in [-0.4, -0.2) is 30.5 Å². The van der Waals surface area contributed by atoms with E-state index in [1.165, 1.54) is 0 Å². The molecule has 1 aliphatic heterocycles. The molecule has 1 aliphatic rings. The van der Waals surface area contributed by atoms with Crippen LogP contribution in [0.3, 0.4) is 0 Å². The standard InChI is InChI=1S/C16H18N2O3/c17-15(12-5-2-1-3-6-12)16(19)18-8-10-21-14(11-18)13-7-4-9-20-13/h1-7,9,14-15H,8,10-11,17H2/t14-,15+/m1/s1. The lowest BCUT2D eigenvalue weighted by atomic mass is 10.1. The number of amides is 1. The zero-order valence-electron chi connectivity index (χ0n) is 11.6. The van der Waals surface area contributed by atoms with Gasteiger partial charge in [0.1, 0.15) is 17.9 Å². The van der Waals surface area contributed by atoms with Crippen molar-refractivity contribution >= 4 is 5.91 Å². The van der Waals surface area contributed by atoms with Gasteiger partial charge in [-0.05, 0) is 17.7 Å². The number of morpholine rings is 1. The number of benzene rings is 1. The molecule has 0 spiro atoms. The third kappa shape index (κ3) is 2.99. The van der Waals surface area contributed by atoms with Gasteiger partial charge in [0.15, 0.2) is 0 Å². The van der Waals surface area contributed by atoms with Gasteiger partial charge in [0.05, 0.1) is 19.4 Å². The Morgan fingerprint density at radius 2 is 2.05 bits per heavy atom. The molecule has 1 aromatic heterocycles. The van der Waals surface area contributed by atoms with Crippen molar-refractivity contribution in [3.05, 3.63) is 60.1 Å². The molecule has 5 nitrogen and oxygen atoms in total. The summed E-state index contributed by atoms with van der Waals surface area (Å²) in [7, 11) is 0. The van der Waals surface area contributed by atoms with E-state index in [-0.39, 0.29) is 12.0 Å². The summed E-state index contributed by atoms with van der Waals surface area (Å²) in [5.74, 6) is 0.654. The lowest BCUT2D eigenvalue weighted by Crippen LogP contribution is -2.46. The largest absolute Gasteiger partial charge is 0.467 e. The van der Waals surface area contributed by atoms with Gasteiger partial charge in [-0.1, -0.05) is 30.3 Å². The smallest absolute Gasteiger partial charge is 0.244 e. The van der Waals surface area contributed by atoms with Gasteiger partial charge in [0.2, 0.25) is 5.91 Å². The van der Waals surface area contributed by atoms with Gasteiger partial charge in [0, 0.05) is 6.54 Å². The minimum Gasteiger partial charge on any atom is -0.467 e. The van der Waals surface area contributed by atoms with Crippen LogP contribution in [0.2, 0.25) is 0 Å². The molecule has 1 amide bonds. The summed E-state index contributed by atoms with van der Waals surface area (Å²) >= 11 is 0. The van der Waals surface area contributed by atoms with E-state index < -0.39 is 6.04 Å². The molecule has 0 bridgehead atoms. The predicted molar refractivity (Wildman–Crippen MR) is 77.4 cm³/mol. The van der Waals surface area contributed by atoms with Crippen LogP contribution < -0.4 is 5.73 Å². The quantitative estimate of drug-likeness (QED) is 0.935. The van der Waals surface area contributed by atoms with Crippen LogP contribution in [0.25, 0.3) is 0 Å². The molecule has 2 aromatic rings. The van der Waals surface area contributed by atoms with Crippen molar-refractivity contribution in [3.8, 4) is 0 Å². The summed E-state index contributed by atoms with van der Waals surface area (Å²) in [6.07, 6.45) is 1.38. The number of furan rings is 1. The maximum Gasteiger partial charge on any atom is 0.244 e. The third-order valence-electron chi connectivity index (χ3n) is 3.66. The second-order valence-corrected chi connectivity index (χ2v) is 5.05. The Morgan fingerprint density at radius 3 is 2.76 bits per heavy atom. The molecule has 0 radical (unpaired) electrons. The van der Waals surface area contributed by atoms with Crippen molar-refractivity contribution in [2.45, 2.75) is 12.1 Å². The first-order chi connectivity index (χ1) is 10.3. The average molecular weight is 286 g/mol. The van der Waals surface area contributed by atoms with Crippen molar-refractivity contribution in [2.24, 2.45) is 5.73 Å². The number of nitrogens with two attached hydrogens (primary N) is 1. The zero-order chi connectivity index (χ0) is 14.7. The van der Waals surface area contributed by atoms with Gasteiger partial charge in [-0.15, -0.1) is 0 Å². The molecule has 0 saturated carbocycles. The fraction of sp³-hybridized carbons (Fsp3) is 0.312. The summed E-state index contributed by atoms with van der Waals surface area (Å²) in [5, 5.41) is 0. The van der Waals surface area contributed by atoms with E-state index in [0.29, 0.717) is 19.7 Å². The number of carbonyl (C=O) groups is 1. The molecule has 0 unspecified atom stereocenters. The molecule has 2 heterocycles. The summed E-state index contributed by atoms with van der Waals surface area (Å²) in [6, 6.07) is 12.4. The summed E-state index contributed by atoms with van der Waals surface area (Å²) in [6.45, 7) is 1.50. The SMILES string of the molecule is N[C@H](C(=O)N1CCO[C@@H](c2ccco2)C1)c1ccccc1. The first-order valence-corrected chi connectivity index (χ1v) is 7.00. The summed E-state index contributed by atoms with van der Waals surface area (Å²) < 4.78 is 11.0. The van der Waals surface area contributed by atoms with Crippen molar-refractivity contribution in [1.82, 2.24) is 4.90 Å². The molecule has 1 fully saturated rings. The molecule has 2 atom stereocenters. The van der Waals surface area contributed by atoms with Crippen molar-refractivity contribution in [2.75, 3.05) is 19.7 Å². The third-order valence-corrected chi connectivity index (χ3v) is 3.66. The topological polar surface area (TPSA) is 68.7 Å². The second-order valence-electron chi connectivity index (χ2n) is 5.05. The van der Waals surface area contributed by atoms with E-state index in [9.17, 15) is 4.79 Å². The van der Waals surface area contributed by atoms with Gasteiger partial charge in [0.25, 0.3) is 0 Å². The number of carbonyl (C=O) groups excluding carboxylic acids is 1. The maximum atomic E-state index is 12.5. The molecule has 21 heavy (non-hydrogen) atoms. The molecule has 110 valence electrons. The summed E-state index contributed by atoms with van der Waals surface area (Å²) in [4.78, 5) is 14.3. The van der Waals surface area contributed by atoms with Crippen LogP contribution in [-0.2, 0) is 9.53 Å². The molecule has 3 rings (SSSR count). The minimum absolute atomic E-state index is 0.0824. The molecule has 1 saturated heterocycles. The van der Waals surface area contributed by atoms with Gasteiger partial charge in [-0.25, -0.2) is 0 Å². The highest BCUT2D eigenvalue weighted by molar-refractivity contribution is 5.83. The van der Waals surface area contributed by atoms with E-state index in [1.807, 2.05) is 42.5 Å². The normalized spacial score (nSPS) is 20.2. The van der Waals surface area contributed by atoms with Crippen LogP contribution in [0.5, 0.6) is 0 Å². The van der Waals surface area contributed by atoms with Crippen molar-refractivity contribution in [1.29, 1.82) is 0 Å². The van der Waals surface area contributed by atoms with Crippen LogP contribution in [0.15, 0.2) is 53.1 Å². The monoisotopic (exact) mass is 286 g/mol. The van der Waals surface area contributed by atoms with Gasteiger partial charge in [-0.3, -0.25) is 4.79 Å². The lowest BCUT2D eigenvalue weighted by Gasteiger charge is -2.33. The van der Waals surface area contributed by atoms with Crippen molar-refractivity contribution < 1.29 is 13.9 Å². The van der Waals surface area contributed by atoms with Crippen LogP contribution in [0.4, 0.5) is 0 Å². The number of hydrogen-bond donors (Lipinski definition) is 1. The lowest BCUT2D eigenvalue weighted by molar-refractivity contribution is -0.141. The fourth-order valence-corrected chi connectivity index (χ4v) is 2.50. The van der Waals surface area contributed by atoms with Crippen LogP contribution >= 0.6 is 0 Å². The number of ether oxygens (including phenoxy) is 1. The number of hydrogen-bond acceptors (Lipinski definition) is 4. The molecule has 5 heteroatoms. The zero-order valence-corrected chi connectivity index (χ0v) is 11.6. The molecule has 0 aliphatic carbocycles. The van der Waals surface area contributed by atoms with E-state index in [1.54, 1.807) is 11.2 Å². The second kappa shape index (κ2) is 6.11. The Kier molecular flexibility index (Phi) is 4.03. The summed E-state index contributed by atoms with van der Waals surface area (Å²) in [5.41, 5.74) is 6.90. The Bertz CT molecular complexity index is 583. The Morgan fingerprint density at radius 1 is 1.24 bits per heavy atom. The van der Waals surface area contributed by atoms with E-state index in [2.05, 4.69) is 0 Å². The van der Waals surface area contributed by atoms with E-state index >= 15 is 0 Å². The van der Waals surface area contributed by atoms with E-state index in [0.717, 1.165) is 11.3 Å². The van der Waals surface area contributed by atoms with Crippen LogP contribution in [0, 0.1) is 0 Å². The highest BCUT2D eigenvalue weighted by atomic mass is 16.5. The number of nitrogens with zero attached hydrogens (tertiary/aromatic N) is 1. The Balaban J connectivity index is 1.70. The first-order valence-electron chi connectivity index (χ1n) is 7.00. The minimum atomic E-state index is -0.637. The Labute approximate surface area is 123 Å². The first kappa shape index (κ1) is 13.9. The Hall–Kier alpha value is -2.11. The fourth-order valence-electron chi connectivity index (χ4n) is 2.50. The van der Waals surface area contributed by atoms with E-state index in [4.69, 9.17) is 14.9 Å². The average Bonchev–Trinajstić information content (AvgIpc) is 3.09. The highest BCUT2D eigenvalue weighted by Crippen LogP contribution is 2.24. The number of rotatable bonds is 3. The van der Waals surface area contributed by atoms with Gasteiger partial charge >= 0.3 is 0 Å². The molecular formula is C16H18N2O3. The molecule has 2 N–H and O–H groups in total. The highest BCUT2D eigenvalue weighted by Gasteiger charge is 2.30. The molecular weight excluding hydrogens is 268 g/mol.